The number of ether oxygens (including phenoxy) is 3. The van der Waals surface area contributed by atoms with Crippen LogP contribution in [0.25, 0.3) is 0 Å². The Labute approximate surface area is 444 Å². The SMILES string of the molecule is CC(C)(C)C1=CC(C=CC(=O)OCCn2c(=O)n(CCOC(=O)C=CC3C=C(C(C)(C)C)C(O)=C(C(C)(C)C)C3)c(=O)n(CCOC(=O)C=CC3C=C(C(C)(C)C)C(O)=C(C(C)(C)C)C3)c2=O)CC(C(C)(C)C)=C1O. The monoisotopic (exact) mass is 1040 g/mol. The van der Waals surface area contributed by atoms with Gasteiger partial charge in [0.15, 0.2) is 0 Å². The van der Waals surface area contributed by atoms with Gasteiger partial charge in [-0.3, -0.25) is 0 Å². The van der Waals surface area contributed by atoms with Crippen LogP contribution in [0.4, 0.5) is 0 Å². The Balaban J connectivity index is 1.56. The molecular formula is C60H87N3O12. The molecule has 3 N–H and O–H groups in total. The van der Waals surface area contributed by atoms with Crippen LogP contribution < -0.4 is 17.1 Å². The smallest absolute Gasteiger partial charge is 0.336 e. The molecule has 0 saturated carbocycles. The summed E-state index contributed by atoms with van der Waals surface area (Å²) >= 11 is 0. The minimum Gasteiger partial charge on any atom is -0.508 e. The average molecular weight is 1040 g/mol. The highest BCUT2D eigenvalue weighted by molar-refractivity contribution is 5.83. The zero-order chi connectivity index (χ0) is 57.0. The molecule has 0 aliphatic heterocycles. The number of rotatable bonds is 15. The highest BCUT2D eigenvalue weighted by atomic mass is 16.5. The van der Waals surface area contributed by atoms with Gasteiger partial charge in [0.1, 0.15) is 37.1 Å². The number of esters is 3. The first kappa shape index (κ1) is 61.4. The fourth-order valence-corrected chi connectivity index (χ4v) is 9.43. The summed E-state index contributed by atoms with van der Waals surface area (Å²) < 4.78 is 18.6. The van der Waals surface area contributed by atoms with Crippen molar-refractivity contribution < 1.29 is 43.9 Å². The summed E-state index contributed by atoms with van der Waals surface area (Å²) in [5, 5.41) is 33.5. The van der Waals surface area contributed by atoms with Gasteiger partial charge in [-0.15, -0.1) is 0 Å². The second kappa shape index (κ2) is 23.4. The molecule has 4 rings (SSSR count). The molecule has 0 amide bonds. The van der Waals surface area contributed by atoms with E-state index >= 15 is 0 Å². The van der Waals surface area contributed by atoms with Crippen LogP contribution in [-0.4, -0.2) is 66.7 Å². The van der Waals surface area contributed by atoms with Crippen LogP contribution in [0.15, 0.2) is 120 Å². The van der Waals surface area contributed by atoms with E-state index in [2.05, 4.69) is 0 Å². The van der Waals surface area contributed by atoms with Gasteiger partial charge in [0.2, 0.25) is 0 Å². The normalized spacial score (nSPS) is 19.8. The Morgan fingerprint density at radius 2 is 0.640 bits per heavy atom. The van der Waals surface area contributed by atoms with Crippen LogP contribution in [0.3, 0.4) is 0 Å². The van der Waals surface area contributed by atoms with E-state index in [0.29, 0.717) is 19.3 Å². The molecule has 0 saturated heterocycles. The molecule has 0 radical (unpaired) electrons. The van der Waals surface area contributed by atoms with E-state index in [1.54, 1.807) is 18.2 Å². The topological polar surface area (TPSA) is 206 Å². The van der Waals surface area contributed by atoms with Crippen molar-refractivity contribution >= 4 is 17.9 Å². The largest absolute Gasteiger partial charge is 0.508 e. The molecule has 0 bridgehead atoms. The molecule has 1 aromatic heterocycles. The Kier molecular flexibility index (Phi) is 19.2. The molecule has 15 heteroatoms. The predicted molar refractivity (Wildman–Crippen MR) is 294 cm³/mol. The maximum Gasteiger partial charge on any atom is 0.336 e. The molecule has 0 spiro atoms. The van der Waals surface area contributed by atoms with E-state index < -0.39 is 74.4 Å². The van der Waals surface area contributed by atoms with Gasteiger partial charge < -0.3 is 29.5 Å². The first-order valence-electron chi connectivity index (χ1n) is 26.2. The second-order valence-electron chi connectivity index (χ2n) is 26.2. The minimum atomic E-state index is -1.03. The van der Waals surface area contributed by atoms with E-state index in [1.165, 1.54) is 18.2 Å². The van der Waals surface area contributed by atoms with E-state index in [-0.39, 0.29) is 67.5 Å². The lowest BCUT2D eigenvalue weighted by Crippen LogP contribution is -2.55. The van der Waals surface area contributed by atoms with E-state index in [1.807, 2.05) is 143 Å². The zero-order valence-electron chi connectivity index (χ0n) is 48.1. The van der Waals surface area contributed by atoms with Crippen molar-refractivity contribution in [1.82, 2.24) is 13.7 Å². The van der Waals surface area contributed by atoms with Crippen molar-refractivity contribution in [2.75, 3.05) is 19.8 Å². The fourth-order valence-electron chi connectivity index (χ4n) is 9.43. The van der Waals surface area contributed by atoms with Gasteiger partial charge in [0, 0.05) is 18.2 Å². The summed E-state index contributed by atoms with van der Waals surface area (Å²) in [6.45, 7) is 33.6. The highest BCUT2D eigenvalue weighted by Crippen LogP contribution is 2.47. The molecule has 0 aromatic carbocycles. The van der Waals surface area contributed by atoms with E-state index in [4.69, 9.17) is 14.2 Å². The third kappa shape index (κ3) is 16.2. The average Bonchev–Trinajstić information content (AvgIpc) is 3.26. The van der Waals surface area contributed by atoms with Gasteiger partial charge in [0.05, 0.1) is 19.6 Å². The quantitative estimate of drug-likeness (QED) is 0.0852. The third-order valence-electron chi connectivity index (χ3n) is 13.7. The van der Waals surface area contributed by atoms with Crippen LogP contribution in [0.5, 0.6) is 0 Å². The lowest BCUT2D eigenvalue weighted by atomic mass is 9.71. The zero-order valence-corrected chi connectivity index (χ0v) is 48.1. The van der Waals surface area contributed by atoms with Crippen LogP contribution >= 0.6 is 0 Å². The van der Waals surface area contributed by atoms with E-state index in [9.17, 15) is 44.1 Å². The summed E-state index contributed by atoms with van der Waals surface area (Å²) in [6, 6.07) is 0. The van der Waals surface area contributed by atoms with Gasteiger partial charge in [0.25, 0.3) is 0 Å². The van der Waals surface area contributed by atoms with Crippen molar-refractivity contribution in [1.29, 1.82) is 0 Å². The fraction of sp³-hybridized carbons (Fsp3) is 0.600. The molecular weight excluding hydrogens is 955 g/mol. The number of hydrogen-bond donors (Lipinski definition) is 3. The Bertz CT molecular complexity index is 2490. The number of aliphatic hydroxyl groups excluding tert-OH is 3. The van der Waals surface area contributed by atoms with E-state index in [0.717, 1.165) is 47.1 Å². The molecule has 15 nitrogen and oxygen atoms in total. The number of carbonyl (C=O) groups is 3. The Hall–Kier alpha value is -6.12. The van der Waals surface area contributed by atoms with Crippen LogP contribution in [0.2, 0.25) is 0 Å². The molecule has 414 valence electrons. The van der Waals surface area contributed by atoms with Crippen LogP contribution in [0.1, 0.15) is 144 Å². The van der Waals surface area contributed by atoms with Gasteiger partial charge in [-0.05, 0) is 103 Å². The number of aromatic nitrogens is 3. The van der Waals surface area contributed by atoms with Gasteiger partial charge in [-0.1, -0.05) is 161 Å². The number of allylic oxidation sites excluding steroid dienone is 12. The standard InChI is InChI=1S/C60H87N3O12/c1-55(2,3)40-31-37(32-41(49(40)67)56(4,5)6)19-22-46(64)73-28-25-61-52(70)62(26-29-74-47(65)23-20-38-33-42(57(7,8)9)50(68)43(34-38)58(10,11)12)54(72)63(53(61)71)27-30-75-48(66)24-21-39-35-44(59(13,14)15)51(69)45(36-39)60(16,17)18/h19-24,31,33,35,37-39,67-69H,25-30,32,34,36H2,1-18H3. The van der Waals surface area contributed by atoms with Gasteiger partial charge in [-0.2, -0.15) is 0 Å². The van der Waals surface area contributed by atoms with Crippen molar-refractivity contribution in [2.45, 2.75) is 164 Å². The maximum absolute atomic E-state index is 13.9. The van der Waals surface area contributed by atoms with Crippen molar-refractivity contribution in [3.05, 3.63) is 137 Å². The first-order chi connectivity index (χ1) is 34.2. The molecule has 75 heavy (non-hydrogen) atoms. The Morgan fingerprint density at radius 1 is 0.427 bits per heavy atom. The number of hydrogen-bond acceptors (Lipinski definition) is 12. The summed E-state index contributed by atoms with van der Waals surface area (Å²) in [7, 11) is 0. The Morgan fingerprint density at radius 3 is 0.827 bits per heavy atom. The minimum absolute atomic E-state index is 0.221. The van der Waals surface area contributed by atoms with Gasteiger partial charge >= 0.3 is 35.0 Å². The van der Waals surface area contributed by atoms with Gasteiger partial charge in [-0.25, -0.2) is 42.5 Å². The molecule has 3 atom stereocenters. The first-order valence-corrected chi connectivity index (χ1v) is 26.2. The van der Waals surface area contributed by atoms with Crippen molar-refractivity contribution in [3.8, 4) is 0 Å². The van der Waals surface area contributed by atoms with Crippen LogP contribution in [0, 0.1) is 50.2 Å². The molecule has 3 unspecified atom stereocenters. The number of carbonyl (C=O) groups excluding carboxylic acids is 3. The van der Waals surface area contributed by atoms with Crippen molar-refractivity contribution in [3.63, 3.8) is 0 Å². The number of nitrogens with zero attached hydrogens (tertiary/aromatic N) is 3. The molecule has 3 aliphatic rings. The van der Waals surface area contributed by atoms with Crippen molar-refractivity contribution in [2.24, 2.45) is 50.2 Å². The molecule has 3 aliphatic carbocycles. The maximum atomic E-state index is 13.9. The van der Waals surface area contributed by atoms with Crippen LogP contribution in [-0.2, 0) is 48.2 Å². The molecule has 1 heterocycles. The third-order valence-corrected chi connectivity index (χ3v) is 13.7. The lowest BCUT2D eigenvalue weighted by Gasteiger charge is -2.35. The lowest BCUT2D eigenvalue weighted by molar-refractivity contribution is -0.138. The summed E-state index contributed by atoms with van der Waals surface area (Å²) in [4.78, 5) is 81.0. The number of aliphatic hydroxyl groups is 3. The summed E-state index contributed by atoms with van der Waals surface area (Å²) in [5.74, 6) is -2.08. The molecule has 1 aromatic rings. The second-order valence-corrected chi connectivity index (χ2v) is 26.2. The summed E-state index contributed by atoms with van der Waals surface area (Å²) in [5.41, 5.74) is -0.277. The predicted octanol–water partition coefficient (Wildman–Crippen LogP) is 11.0. The highest BCUT2D eigenvalue weighted by Gasteiger charge is 2.36. The summed E-state index contributed by atoms with van der Waals surface area (Å²) in [6.07, 6.45) is 16.2. The molecule has 0 fully saturated rings.